The normalized spacial score (nSPS) is 14.5. The molecule has 0 saturated carbocycles. The fourth-order valence-electron chi connectivity index (χ4n) is 13.8. The Morgan fingerprint density at radius 3 is 1.13 bits per heavy atom. The van der Waals surface area contributed by atoms with Crippen molar-refractivity contribution in [2.75, 3.05) is 4.90 Å². The lowest BCUT2D eigenvalue weighted by Crippen LogP contribution is -2.28. The Balaban J connectivity index is 0.00000283. The summed E-state index contributed by atoms with van der Waals surface area (Å²) < 4.78 is 7.12. The fraction of sp³-hybridized carbons (Fsp3) is 0.108. The minimum Gasteiger partial charge on any atom is -0.455 e. The molecule has 3 aliphatic rings. The van der Waals surface area contributed by atoms with Crippen molar-refractivity contribution in [1.82, 2.24) is 0 Å². The number of para-hydroxylation sites is 2. The second-order valence-electron chi connectivity index (χ2n) is 21.9. The summed E-state index contributed by atoms with van der Waals surface area (Å²) in [5, 5.41) is 2.22. The van der Waals surface area contributed by atoms with Gasteiger partial charge < -0.3 is 9.32 Å². The van der Waals surface area contributed by atoms with Crippen LogP contribution in [0.1, 0.15) is 81.1 Å². The maximum atomic E-state index is 7.12. The van der Waals surface area contributed by atoms with Gasteiger partial charge in [0.2, 0.25) is 0 Å². The molecule has 0 amide bonds. The van der Waals surface area contributed by atoms with Gasteiger partial charge in [0.05, 0.1) is 5.41 Å². The third-order valence-electron chi connectivity index (χ3n) is 17.4. The Morgan fingerprint density at radius 1 is 0.303 bits per heavy atom. The number of nitrogens with zero attached hydrogens (tertiary/aromatic N) is 1. The molecule has 0 fully saturated rings. The van der Waals surface area contributed by atoms with Gasteiger partial charge in [0.1, 0.15) is 11.2 Å². The predicted molar refractivity (Wildman–Crippen MR) is 321 cm³/mol. The summed E-state index contributed by atoms with van der Waals surface area (Å²) in [7, 11) is 0. The summed E-state index contributed by atoms with van der Waals surface area (Å²) in [6.45, 7) is 9.46. The first-order chi connectivity index (χ1) is 36.7. The van der Waals surface area contributed by atoms with Crippen LogP contribution in [0.5, 0.6) is 0 Å². The standard InChI is InChI=1S/C73H53NO.CH4.H2/c1-71(2)63-28-12-8-20-55(63)59-42-40-51(44-67(59)71)74(52-41-43-60-56-21-9-13-29-64(56)72(3,4)68(60)45-52)50-38-34-47(35-39-50)54-25-17-27-62-61-26-16-24-53(69(61)75-70(54)62)46-32-36-49(37-33-46)73(48-18-6-5-7-19-48)65-30-14-10-22-57(65)58-23-11-15-31-66(58)73;;/h5-45H,1-4H3;1H4;1H. The average molecular weight is 978 g/mol. The minimum atomic E-state index is -0.449. The summed E-state index contributed by atoms with van der Waals surface area (Å²) in [5.74, 6) is 0. The molecule has 2 heteroatoms. The number of anilines is 3. The quantitative estimate of drug-likeness (QED) is 0.158. The van der Waals surface area contributed by atoms with Gasteiger partial charge in [0.15, 0.2) is 0 Å². The van der Waals surface area contributed by atoms with Gasteiger partial charge in [0.25, 0.3) is 0 Å². The molecule has 2 nitrogen and oxygen atoms in total. The smallest absolute Gasteiger partial charge is 0.143 e. The van der Waals surface area contributed by atoms with Crippen LogP contribution in [-0.2, 0) is 16.2 Å². The zero-order valence-corrected chi connectivity index (χ0v) is 42.5. The molecule has 0 N–H and O–H groups in total. The largest absolute Gasteiger partial charge is 0.455 e. The van der Waals surface area contributed by atoms with Crippen LogP contribution in [0.15, 0.2) is 253 Å². The van der Waals surface area contributed by atoms with Crippen LogP contribution in [0.2, 0.25) is 0 Å². The molecule has 0 aliphatic heterocycles. The molecule has 0 spiro atoms. The number of hydrogen-bond acceptors (Lipinski definition) is 2. The van der Waals surface area contributed by atoms with Gasteiger partial charge in [-0.25, -0.2) is 0 Å². The summed E-state index contributed by atoms with van der Waals surface area (Å²) in [5.41, 5.74) is 27.3. The molecule has 76 heavy (non-hydrogen) atoms. The molecule has 15 rings (SSSR count). The molecule has 0 bridgehead atoms. The second-order valence-corrected chi connectivity index (χ2v) is 21.9. The first-order valence-corrected chi connectivity index (χ1v) is 26.4. The summed E-state index contributed by atoms with van der Waals surface area (Å²) in [4.78, 5) is 2.45. The van der Waals surface area contributed by atoms with Crippen LogP contribution in [0.3, 0.4) is 0 Å². The fourth-order valence-corrected chi connectivity index (χ4v) is 13.8. The van der Waals surface area contributed by atoms with Crippen molar-refractivity contribution in [3.05, 3.63) is 293 Å². The topological polar surface area (TPSA) is 16.4 Å². The van der Waals surface area contributed by atoms with Crippen molar-refractivity contribution in [1.29, 1.82) is 0 Å². The Labute approximate surface area is 447 Å². The van der Waals surface area contributed by atoms with Gasteiger partial charge in [-0.05, 0) is 125 Å². The van der Waals surface area contributed by atoms with Crippen molar-refractivity contribution in [2.24, 2.45) is 0 Å². The number of benzene rings is 11. The highest BCUT2D eigenvalue weighted by Gasteiger charge is 2.46. The summed E-state index contributed by atoms with van der Waals surface area (Å²) >= 11 is 0. The van der Waals surface area contributed by atoms with Crippen molar-refractivity contribution >= 4 is 39.0 Å². The van der Waals surface area contributed by atoms with E-state index in [9.17, 15) is 0 Å². The molecule has 1 aromatic heterocycles. The van der Waals surface area contributed by atoms with E-state index in [1.165, 1.54) is 77.9 Å². The van der Waals surface area contributed by atoms with Crippen LogP contribution in [-0.4, -0.2) is 0 Å². The predicted octanol–water partition coefficient (Wildman–Crippen LogP) is 20.2. The van der Waals surface area contributed by atoms with Gasteiger partial charge >= 0.3 is 0 Å². The molecule has 0 saturated heterocycles. The van der Waals surface area contributed by atoms with Crippen molar-refractivity contribution in [3.63, 3.8) is 0 Å². The number of hydrogen-bond donors (Lipinski definition) is 0. The van der Waals surface area contributed by atoms with Crippen molar-refractivity contribution in [2.45, 2.75) is 51.4 Å². The van der Waals surface area contributed by atoms with E-state index in [1.807, 2.05) is 0 Å². The monoisotopic (exact) mass is 977 g/mol. The summed E-state index contributed by atoms with van der Waals surface area (Å²) in [6.07, 6.45) is 0. The van der Waals surface area contributed by atoms with E-state index in [1.54, 1.807) is 0 Å². The molecule has 1 heterocycles. The molecule has 366 valence electrons. The molecule has 0 atom stereocenters. The van der Waals surface area contributed by atoms with Crippen molar-refractivity contribution in [3.8, 4) is 55.6 Å². The molecule has 0 unspecified atom stereocenters. The zero-order valence-electron chi connectivity index (χ0n) is 42.5. The van der Waals surface area contributed by atoms with E-state index >= 15 is 0 Å². The van der Waals surface area contributed by atoms with Gasteiger partial charge in [0, 0.05) is 51.2 Å². The summed E-state index contributed by atoms with van der Waals surface area (Å²) in [6, 6.07) is 92.4. The maximum Gasteiger partial charge on any atom is 0.143 e. The van der Waals surface area contributed by atoms with Crippen LogP contribution in [0.4, 0.5) is 17.1 Å². The molecular weight excluding hydrogens is 919 g/mol. The number of rotatable bonds is 7. The van der Waals surface area contributed by atoms with Crippen LogP contribution >= 0.6 is 0 Å². The van der Waals surface area contributed by atoms with Crippen LogP contribution in [0, 0.1) is 0 Å². The Bertz CT molecular complexity index is 4140. The first kappa shape index (κ1) is 45.6. The minimum absolute atomic E-state index is 0. The van der Waals surface area contributed by atoms with Crippen LogP contribution in [0.25, 0.3) is 77.6 Å². The van der Waals surface area contributed by atoms with Gasteiger partial charge in [-0.3, -0.25) is 0 Å². The van der Waals surface area contributed by atoms with E-state index in [2.05, 4.69) is 281 Å². The number of fused-ring (bicyclic) bond motifs is 12. The van der Waals surface area contributed by atoms with E-state index in [4.69, 9.17) is 4.42 Å². The second kappa shape index (κ2) is 16.8. The number of furan rings is 1. The van der Waals surface area contributed by atoms with Gasteiger partial charge in [-0.15, -0.1) is 0 Å². The third-order valence-corrected chi connectivity index (χ3v) is 17.4. The van der Waals surface area contributed by atoms with Gasteiger partial charge in [-0.1, -0.05) is 247 Å². The Hall–Kier alpha value is -8.98. The lowest BCUT2D eigenvalue weighted by atomic mass is 9.67. The van der Waals surface area contributed by atoms with E-state index in [0.29, 0.717) is 0 Å². The maximum absolute atomic E-state index is 7.12. The highest BCUT2D eigenvalue weighted by molar-refractivity contribution is 6.13. The third kappa shape index (κ3) is 6.34. The van der Waals surface area contributed by atoms with Crippen LogP contribution < -0.4 is 4.90 Å². The zero-order chi connectivity index (χ0) is 50.2. The Kier molecular flexibility index (Phi) is 10.1. The highest BCUT2D eigenvalue weighted by atomic mass is 16.3. The van der Waals surface area contributed by atoms with Gasteiger partial charge in [-0.2, -0.15) is 0 Å². The van der Waals surface area contributed by atoms with E-state index < -0.39 is 5.41 Å². The lowest BCUT2D eigenvalue weighted by Gasteiger charge is -2.34. The SMILES string of the molecule is C.CC1(C)c2ccccc2-c2ccc(N(c3ccc(-c4cccc5c4oc4c(-c6ccc(C7(c8ccccc8)c8ccccc8-c8ccccc87)cc6)cccc45)cc3)c3ccc4c(c3)C(C)(C)c3ccccc3-4)cc21.[HH]. The Morgan fingerprint density at radius 2 is 0.658 bits per heavy atom. The molecule has 12 aromatic rings. The van der Waals surface area contributed by atoms with Crippen molar-refractivity contribution < 1.29 is 5.84 Å². The molecular formula is C74H59NO. The molecule has 3 aliphatic carbocycles. The first-order valence-electron chi connectivity index (χ1n) is 26.4. The lowest BCUT2D eigenvalue weighted by molar-refractivity contribution is 0.660. The highest BCUT2D eigenvalue weighted by Crippen LogP contribution is 2.57. The average Bonchev–Trinajstić information content (AvgIpc) is 4.30. The molecule has 11 aromatic carbocycles. The van der Waals surface area contributed by atoms with E-state index in [0.717, 1.165) is 61.3 Å². The molecule has 0 radical (unpaired) electrons. The van der Waals surface area contributed by atoms with E-state index in [-0.39, 0.29) is 19.7 Å².